The van der Waals surface area contributed by atoms with Crippen LogP contribution >= 0.6 is 0 Å². The molecular weight excluding hydrogens is 139 g/mol. The summed E-state index contributed by atoms with van der Waals surface area (Å²) in [6.07, 6.45) is -2.33. The van der Waals surface area contributed by atoms with Crippen molar-refractivity contribution in [2.24, 2.45) is 0 Å². The van der Waals surface area contributed by atoms with Crippen molar-refractivity contribution in [3.05, 3.63) is 0 Å². The molecule has 0 saturated heterocycles. The molecule has 0 radical (unpaired) electrons. The maximum Gasteiger partial charge on any atom is 1.00 e. The minimum absolute atomic E-state index is 0. The summed E-state index contributed by atoms with van der Waals surface area (Å²) in [5, 5.41) is 16.7. The number of carbonyl (C=O) groups is 1. The molecule has 0 amide bonds. The van der Waals surface area contributed by atoms with Gasteiger partial charge in [-0.3, -0.25) is 0 Å². The molecule has 0 atom stereocenters. The average Bonchev–Trinajstić information content (AvgIpc) is 0.811. The average molecular weight is 139 g/mol. The Kier molecular flexibility index (Phi) is 27.7. The predicted molar refractivity (Wildman–Crippen MR) is 5.40 cm³/mol. The van der Waals surface area contributed by atoms with Crippen molar-refractivity contribution in [2.75, 3.05) is 0 Å². The zero-order chi connectivity index (χ0) is 3.58. The summed E-state index contributed by atoms with van der Waals surface area (Å²) in [4.78, 5) is 8.33. The molecule has 0 heterocycles. The smallest absolute Gasteiger partial charge is 0.652 e. The monoisotopic (exact) mass is 139 g/mol. The third-order valence-corrected chi connectivity index (χ3v) is 0. The summed E-state index contributed by atoms with van der Waals surface area (Å²) in [6, 6.07) is 0. The van der Waals surface area contributed by atoms with Crippen LogP contribution in [0.3, 0.4) is 0 Å². The molecule has 0 unspecified atom stereocenters. The van der Waals surface area contributed by atoms with E-state index in [9.17, 15) is 0 Å². The first-order chi connectivity index (χ1) is 1.73. The zero-order valence-electron chi connectivity index (χ0n) is 3.72. The first kappa shape index (κ1) is 15.8. The third kappa shape index (κ3) is 31.1. The van der Waals surface area contributed by atoms with Gasteiger partial charge in [0, 0.05) is 0 Å². The second-order valence-electron chi connectivity index (χ2n) is 0.250. The van der Waals surface area contributed by atoms with E-state index in [1.165, 1.54) is 0 Å². The third-order valence-electron chi connectivity index (χ3n) is 0. The standard InChI is InChI=1S/CH2O3.2K/c2-1(3)4;;/h(H2,2,3,4);;/q;2*+1/p-2/i1+1;;. The molecule has 0 saturated carbocycles. The summed E-state index contributed by atoms with van der Waals surface area (Å²) in [7, 11) is 0. The van der Waals surface area contributed by atoms with Crippen LogP contribution < -0.4 is 113 Å². The zero-order valence-corrected chi connectivity index (χ0v) is 9.97. The van der Waals surface area contributed by atoms with Crippen molar-refractivity contribution in [1.29, 1.82) is 0 Å². The number of carboxylic acid groups (broad SMARTS) is 2. The fourth-order valence-corrected chi connectivity index (χ4v) is 0. The molecule has 0 aromatic heterocycles. The maximum absolute atomic E-state index is 8.33. The molecule has 6 heavy (non-hydrogen) atoms. The van der Waals surface area contributed by atoms with Crippen LogP contribution in [0.2, 0.25) is 0 Å². The Morgan fingerprint density at radius 2 is 1.17 bits per heavy atom. The van der Waals surface area contributed by atoms with Gasteiger partial charge in [0.1, 0.15) is 0 Å². The van der Waals surface area contributed by atoms with Crippen molar-refractivity contribution in [3.8, 4) is 0 Å². The topological polar surface area (TPSA) is 63.2 Å². The van der Waals surface area contributed by atoms with Gasteiger partial charge < -0.3 is 15.0 Å². The molecule has 0 aromatic carbocycles. The normalized spacial score (nSPS) is 4.00. The van der Waals surface area contributed by atoms with Gasteiger partial charge in [-0.05, 0) is 6.16 Å². The molecule has 0 aliphatic heterocycles. The van der Waals surface area contributed by atoms with Gasteiger partial charge in [0.25, 0.3) is 0 Å². The summed E-state index contributed by atoms with van der Waals surface area (Å²) in [6.45, 7) is 0. The molecule has 24 valence electrons. The van der Waals surface area contributed by atoms with Gasteiger partial charge in [-0.1, -0.05) is 0 Å². The summed E-state index contributed by atoms with van der Waals surface area (Å²) in [5.74, 6) is 0. The van der Waals surface area contributed by atoms with Gasteiger partial charge in [-0.25, -0.2) is 0 Å². The summed E-state index contributed by atoms with van der Waals surface area (Å²) < 4.78 is 0. The largest absolute Gasteiger partial charge is 1.00 e. The minimum Gasteiger partial charge on any atom is -0.652 e. The van der Waals surface area contributed by atoms with Crippen molar-refractivity contribution >= 4 is 6.16 Å². The Hall–Kier alpha value is 2.54. The van der Waals surface area contributed by atoms with Crippen molar-refractivity contribution in [2.45, 2.75) is 0 Å². The van der Waals surface area contributed by atoms with E-state index in [2.05, 4.69) is 0 Å². The van der Waals surface area contributed by atoms with Gasteiger partial charge in [0.05, 0.1) is 0 Å². The second kappa shape index (κ2) is 10.5. The van der Waals surface area contributed by atoms with E-state index >= 15 is 0 Å². The van der Waals surface area contributed by atoms with Crippen molar-refractivity contribution < 1.29 is 118 Å². The minimum atomic E-state index is -2.33. The van der Waals surface area contributed by atoms with Crippen LogP contribution in [0.25, 0.3) is 0 Å². The molecule has 0 aliphatic carbocycles. The van der Waals surface area contributed by atoms with E-state index in [4.69, 9.17) is 15.0 Å². The van der Waals surface area contributed by atoms with Crippen molar-refractivity contribution in [1.82, 2.24) is 0 Å². The molecule has 3 nitrogen and oxygen atoms in total. The van der Waals surface area contributed by atoms with Crippen LogP contribution in [-0.4, -0.2) is 6.16 Å². The first-order valence-corrected chi connectivity index (χ1v) is 0.612. The summed E-state index contributed by atoms with van der Waals surface area (Å²) >= 11 is 0. The van der Waals surface area contributed by atoms with Gasteiger partial charge >= 0.3 is 103 Å². The van der Waals surface area contributed by atoms with Gasteiger partial charge in [0.2, 0.25) is 0 Å². The van der Waals surface area contributed by atoms with Gasteiger partial charge in [-0.2, -0.15) is 0 Å². The Balaban J connectivity index is -0.0000000450. The molecule has 0 aliphatic rings. The fourth-order valence-electron chi connectivity index (χ4n) is 0. The molecule has 0 N–H and O–H groups in total. The van der Waals surface area contributed by atoms with Crippen LogP contribution in [-0.2, 0) is 0 Å². The summed E-state index contributed by atoms with van der Waals surface area (Å²) in [5.41, 5.74) is 0. The van der Waals surface area contributed by atoms with Crippen LogP contribution in [0.4, 0.5) is 4.79 Å². The predicted octanol–water partition coefficient (Wildman–Crippen LogP) is -8.44. The number of carbonyl (C=O) groups excluding carboxylic acids is 1. The number of rotatable bonds is 0. The molecule has 0 spiro atoms. The van der Waals surface area contributed by atoms with Gasteiger partial charge in [-0.15, -0.1) is 0 Å². The Labute approximate surface area is 120 Å². The van der Waals surface area contributed by atoms with E-state index in [1.807, 2.05) is 0 Å². The molecule has 0 rings (SSSR count). The molecular formula is CK2O3. The number of hydrogen-bond donors (Lipinski definition) is 0. The van der Waals surface area contributed by atoms with Crippen LogP contribution in [0.15, 0.2) is 0 Å². The quantitative estimate of drug-likeness (QED) is 0.247. The van der Waals surface area contributed by atoms with E-state index in [-0.39, 0.29) is 103 Å². The van der Waals surface area contributed by atoms with Crippen LogP contribution in [0.5, 0.6) is 0 Å². The van der Waals surface area contributed by atoms with E-state index in [0.717, 1.165) is 0 Å². The Morgan fingerprint density at radius 1 is 1.17 bits per heavy atom. The number of hydrogen-bond acceptors (Lipinski definition) is 3. The molecule has 5 heteroatoms. The first-order valence-electron chi connectivity index (χ1n) is 0.612. The van der Waals surface area contributed by atoms with Crippen molar-refractivity contribution in [3.63, 3.8) is 0 Å². The second-order valence-corrected chi connectivity index (χ2v) is 0.250. The Bertz CT molecular complexity index is 31.8. The van der Waals surface area contributed by atoms with Crippen LogP contribution in [0, 0.1) is 0 Å². The molecule has 0 aromatic rings. The fraction of sp³-hybridized carbons (Fsp3) is 0. The van der Waals surface area contributed by atoms with Gasteiger partial charge in [0.15, 0.2) is 0 Å². The van der Waals surface area contributed by atoms with E-state index < -0.39 is 6.16 Å². The SMILES string of the molecule is O=[13C]([O-])[O-].[K+].[K+]. The van der Waals surface area contributed by atoms with Crippen LogP contribution in [0.1, 0.15) is 0 Å². The van der Waals surface area contributed by atoms with E-state index in [1.54, 1.807) is 0 Å². The molecule has 0 fully saturated rings. The molecule has 0 bridgehead atoms. The maximum atomic E-state index is 8.33. The Morgan fingerprint density at radius 3 is 1.17 bits per heavy atom. The van der Waals surface area contributed by atoms with E-state index in [0.29, 0.717) is 0 Å².